The molecule has 0 amide bonds. The summed E-state index contributed by atoms with van der Waals surface area (Å²) in [6.45, 7) is 6.52. The average molecular weight is 267 g/mol. The summed E-state index contributed by atoms with van der Waals surface area (Å²) in [6.07, 6.45) is 1.96. The standard InChI is InChI=1S/C17H22BNO/c1-5-12-10-11-16(19-17(12)20-4)14-8-7-9-15(18-3)13(14)6-2/h7-11,18H,5-6H2,1-4H3. The van der Waals surface area contributed by atoms with Crippen molar-refractivity contribution in [3.05, 3.63) is 41.5 Å². The van der Waals surface area contributed by atoms with Gasteiger partial charge in [0.05, 0.1) is 12.8 Å². The predicted molar refractivity (Wildman–Crippen MR) is 87.6 cm³/mol. The highest BCUT2D eigenvalue weighted by atomic mass is 16.5. The molecular formula is C17H22BNO. The van der Waals surface area contributed by atoms with E-state index in [1.807, 2.05) is 0 Å². The Kier molecular flexibility index (Phi) is 4.83. The molecule has 2 rings (SSSR count). The molecule has 1 heterocycles. The number of hydrogen-bond acceptors (Lipinski definition) is 2. The first-order chi connectivity index (χ1) is 9.74. The van der Waals surface area contributed by atoms with Gasteiger partial charge >= 0.3 is 0 Å². The van der Waals surface area contributed by atoms with Crippen LogP contribution < -0.4 is 10.2 Å². The molecule has 3 heteroatoms. The second-order valence-corrected chi connectivity index (χ2v) is 4.87. The van der Waals surface area contributed by atoms with Gasteiger partial charge in [0.2, 0.25) is 5.88 Å². The summed E-state index contributed by atoms with van der Waals surface area (Å²) >= 11 is 0. The molecule has 0 N–H and O–H groups in total. The van der Waals surface area contributed by atoms with Gasteiger partial charge < -0.3 is 4.74 Å². The van der Waals surface area contributed by atoms with Gasteiger partial charge in [0.25, 0.3) is 0 Å². The van der Waals surface area contributed by atoms with Gasteiger partial charge in [0, 0.05) is 11.1 Å². The lowest BCUT2D eigenvalue weighted by molar-refractivity contribution is 0.393. The van der Waals surface area contributed by atoms with E-state index in [2.05, 4.69) is 51.0 Å². The average Bonchev–Trinajstić information content (AvgIpc) is 2.53. The number of nitrogens with zero attached hydrogens (tertiary/aromatic N) is 1. The zero-order chi connectivity index (χ0) is 14.5. The van der Waals surface area contributed by atoms with Gasteiger partial charge in [-0.2, -0.15) is 0 Å². The molecule has 20 heavy (non-hydrogen) atoms. The molecule has 0 saturated carbocycles. The SMILES string of the molecule is CBc1cccc(-c2ccc(CC)c(OC)n2)c1CC. The van der Waals surface area contributed by atoms with Crippen LogP contribution in [-0.2, 0) is 12.8 Å². The van der Waals surface area contributed by atoms with Crippen LogP contribution >= 0.6 is 0 Å². The topological polar surface area (TPSA) is 22.1 Å². The highest BCUT2D eigenvalue weighted by Gasteiger charge is 2.11. The summed E-state index contributed by atoms with van der Waals surface area (Å²) < 4.78 is 5.42. The zero-order valence-electron chi connectivity index (χ0n) is 12.9. The molecule has 2 aromatic rings. The molecule has 0 fully saturated rings. The van der Waals surface area contributed by atoms with Crippen molar-refractivity contribution in [2.45, 2.75) is 33.5 Å². The molecule has 0 aliphatic rings. The maximum absolute atomic E-state index is 5.42. The van der Waals surface area contributed by atoms with Crippen LogP contribution in [0.1, 0.15) is 25.0 Å². The minimum absolute atomic E-state index is 0.744. The van der Waals surface area contributed by atoms with Crippen molar-refractivity contribution in [2.75, 3.05) is 7.11 Å². The molecule has 0 radical (unpaired) electrons. The summed E-state index contributed by atoms with van der Waals surface area (Å²) in [5.41, 5.74) is 6.19. The van der Waals surface area contributed by atoms with Crippen molar-refractivity contribution in [1.82, 2.24) is 4.98 Å². The molecule has 0 aliphatic carbocycles. The van der Waals surface area contributed by atoms with Gasteiger partial charge in [-0.15, -0.1) is 0 Å². The van der Waals surface area contributed by atoms with Crippen LogP contribution in [0.2, 0.25) is 6.82 Å². The highest BCUT2D eigenvalue weighted by Crippen LogP contribution is 2.25. The number of benzene rings is 1. The third-order valence-corrected chi connectivity index (χ3v) is 3.80. The molecule has 0 aliphatic heterocycles. The minimum atomic E-state index is 0.744. The van der Waals surface area contributed by atoms with Gasteiger partial charge in [-0.3, -0.25) is 0 Å². The Hall–Kier alpha value is -1.77. The van der Waals surface area contributed by atoms with E-state index in [-0.39, 0.29) is 0 Å². The number of aryl methyl sites for hydroxylation is 1. The third-order valence-electron chi connectivity index (χ3n) is 3.80. The first-order valence-corrected chi connectivity index (χ1v) is 7.40. The Morgan fingerprint density at radius 1 is 1.10 bits per heavy atom. The fourth-order valence-electron chi connectivity index (χ4n) is 2.69. The van der Waals surface area contributed by atoms with Crippen LogP contribution in [0, 0.1) is 0 Å². The fourth-order valence-corrected chi connectivity index (χ4v) is 2.69. The van der Waals surface area contributed by atoms with Gasteiger partial charge in [0.15, 0.2) is 7.28 Å². The first kappa shape index (κ1) is 14.6. The van der Waals surface area contributed by atoms with E-state index < -0.39 is 0 Å². The number of rotatable bonds is 5. The van der Waals surface area contributed by atoms with Gasteiger partial charge in [-0.1, -0.05) is 50.4 Å². The minimum Gasteiger partial charge on any atom is -0.481 e. The molecule has 1 aromatic carbocycles. The van der Waals surface area contributed by atoms with Crippen molar-refractivity contribution < 1.29 is 4.74 Å². The molecule has 1 aromatic heterocycles. The van der Waals surface area contributed by atoms with Crippen LogP contribution in [0.3, 0.4) is 0 Å². The maximum atomic E-state index is 5.42. The fraction of sp³-hybridized carbons (Fsp3) is 0.353. The van der Waals surface area contributed by atoms with Gasteiger partial charge in [0.1, 0.15) is 0 Å². The van der Waals surface area contributed by atoms with Crippen molar-refractivity contribution in [2.24, 2.45) is 0 Å². The van der Waals surface area contributed by atoms with Gasteiger partial charge in [-0.05, 0) is 24.5 Å². The van der Waals surface area contributed by atoms with E-state index in [1.54, 1.807) is 7.11 Å². The van der Waals surface area contributed by atoms with E-state index in [9.17, 15) is 0 Å². The zero-order valence-corrected chi connectivity index (χ0v) is 12.9. The van der Waals surface area contributed by atoms with Crippen LogP contribution in [0.25, 0.3) is 11.3 Å². The molecular weight excluding hydrogens is 245 g/mol. The summed E-state index contributed by atoms with van der Waals surface area (Å²) in [6, 6.07) is 10.7. The lowest BCUT2D eigenvalue weighted by atomic mass is 9.69. The van der Waals surface area contributed by atoms with E-state index >= 15 is 0 Å². The second kappa shape index (κ2) is 6.60. The van der Waals surface area contributed by atoms with Crippen molar-refractivity contribution in [3.8, 4) is 17.1 Å². The summed E-state index contributed by atoms with van der Waals surface area (Å²) in [5, 5.41) is 0. The predicted octanol–water partition coefficient (Wildman–Crippen LogP) is 2.99. The van der Waals surface area contributed by atoms with Crippen molar-refractivity contribution in [3.63, 3.8) is 0 Å². The maximum Gasteiger partial charge on any atom is 0.216 e. The molecule has 0 spiro atoms. The van der Waals surface area contributed by atoms with E-state index in [0.717, 1.165) is 37.3 Å². The second-order valence-electron chi connectivity index (χ2n) is 4.87. The molecule has 2 nitrogen and oxygen atoms in total. The summed E-state index contributed by atoms with van der Waals surface area (Å²) in [7, 11) is 2.75. The van der Waals surface area contributed by atoms with E-state index in [4.69, 9.17) is 9.72 Å². The number of ether oxygens (including phenoxy) is 1. The summed E-state index contributed by atoms with van der Waals surface area (Å²) in [4.78, 5) is 4.69. The van der Waals surface area contributed by atoms with Gasteiger partial charge in [-0.25, -0.2) is 4.98 Å². The molecule has 0 bridgehead atoms. The normalized spacial score (nSPS) is 10.4. The number of aromatic nitrogens is 1. The Morgan fingerprint density at radius 2 is 1.90 bits per heavy atom. The van der Waals surface area contributed by atoms with Crippen molar-refractivity contribution in [1.29, 1.82) is 0 Å². The molecule has 0 unspecified atom stereocenters. The highest BCUT2D eigenvalue weighted by molar-refractivity contribution is 6.52. The molecule has 0 atom stereocenters. The number of pyridine rings is 1. The summed E-state index contributed by atoms with van der Waals surface area (Å²) in [5.74, 6) is 0.744. The van der Waals surface area contributed by atoms with E-state index in [0.29, 0.717) is 0 Å². The van der Waals surface area contributed by atoms with Crippen LogP contribution in [0.4, 0.5) is 0 Å². The van der Waals surface area contributed by atoms with Crippen molar-refractivity contribution >= 4 is 12.7 Å². The first-order valence-electron chi connectivity index (χ1n) is 7.40. The Balaban J connectivity index is 2.56. The number of hydrogen-bond donors (Lipinski definition) is 0. The molecule has 0 saturated heterocycles. The lowest BCUT2D eigenvalue weighted by Crippen LogP contribution is -2.17. The molecule has 104 valence electrons. The monoisotopic (exact) mass is 267 g/mol. The third kappa shape index (κ3) is 2.72. The number of methoxy groups -OCH3 is 1. The largest absolute Gasteiger partial charge is 0.481 e. The quantitative estimate of drug-likeness (QED) is 0.777. The Morgan fingerprint density at radius 3 is 2.50 bits per heavy atom. The van der Waals surface area contributed by atoms with Crippen LogP contribution in [0.15, 0.2) is 30.3 Å². The van der Waals surface area contributed by atoms with E-state index in [1.165, 1.54) is 16.6 Å². The Bertz CT molecular complexity index is 596. The van der Waals surface area contributed by atoms with Crippen LogP contribution in [0.5, 0.6) is 5.88 Å². The smallest absolute Gasteiger partial charge is 0.216 e. The Labute approximate surface area is 122 Å². The lowest BCUT2D eigenvalue weighted by Gasteiger charge is -2.14. The van der Waals surface area contributed by atoms with Crippen LogP contribution in [-0.4, -0.2) is 19.4 Å².